The molecule has 0 aliphatic rings. The summed E-state index contributed by atoms with van der Waals surface area (Å²) in [4.78, 5) is 30.2. The van der Waals surface area contributed by atoms with Gasteiger partial charge < -0.3 is 14.7 Å². The van der Waals surface area contributed by atoms with Gasteiger partial charge in [-0.2, -0.15) is 9.36 Å². The number of carboxylic acids is 1. The molecule has 0 atom stereocenters. The molecular weight excluding hydrogens is 307 g/mol. The van der Waals surface area contributed by atoms with E-state index < -0.39 is 30.2 Å². The molecule has 0 spiro atoms. The summed E-state index contributed by atoms with van der Waals surface area (Å²) in [7, 11) is 0. The molecule has 9 nitrogen and oxygen atoms in total. The van der Waals surface area contributed by atoms with Crippen molar-refractivity contribution in [2.24, 2.45) is 5.16 Å². The molecule has 116 valence electrons. The van der Waals surface area contributed by atoms with Gasteiger partial charge in [-0.25, -0.2) is 14.0 Å². The molecule has 0 saturated carbocycles. The van der Waals surface area contributed by atoms with E-state index in [1.165, 1.54) is 0 Å². The van der Waals surface area contributed by atoms with Crippen molar-refractivity contribution in [3.05, 3.63) is 5.82 Å². The third-order valence-electron chi connectivity index (χ3n) is 1.65. The number of nitrogens with one attached hydrogen (secondary N) is 1. The largest absolute Gasteiger partial charge is 0.476 e. The molecular formula is C10H13FN4O5S. The second-order valence-electron chi connectivity index (χ2n) is 4.53. The van der Waals surface area contributed by atoms with Crippen LogP contribution in [-0.4, -0.2) is 44.7 Å². The highest BCUT2D eigenvalue weighted by Gasteiger charge is 2.22. The van der Waals surface area contributed by atoms with Crippen molar-refractivity contribution in [3.63, 3.8) is 0 Å². The number of amides is 1. The monoisotopic (exact) mass is 320 g/mol. The van der Waals surface area contributed by atoms with Gasteiger partial charge in [0.25, 0.3) is 6.86 Å². The van der Waals surface area contributed by atoms with E-state index in [4.69, 9.17) is 9.84 Å². The molecule has 0 aliphatic carbocycles. The zero-order chi connectivity index (χ0) is 16.0. The fourth-order valence-electron chi connectivity index (χ4n) is 1.03. The lowest BCUT2D eigenvalue weighted by atomic mass is 10.2. The van der Waals surface area contributed by atoms with Gasteiger partial charge in [-0.1, -0.05) is 5.16 Å². The standard InChI is InChI=1S/C10H13FN4O5S/c1-10(2,3)20-9(18)13-8-12-6(15-21-8)5(7(16)17)14-19-4-11/h4H2,1-3H3,(H,16,17)(H,12,13,15,18)/b14-5-. The summed E-state index contributed by atoms with van der Waals surface area (Å²) >= 11 is 0.717. The van der Waals surface area contributed by atoms with Gasteiger partial charge in [0.1, 0.15) is 5.60 Å². The third-order valence-corrected chi connectivity index (χ3v) is 2.28. The first-order valence-corrected chi connectivity index (χ1v) is 6.33. The number of nitrogens with zero attached hydrogens (tertiary/aromatic N) is 3. The number of halogens is 1. The van der Waals surface area contributed by atoms with Gasteiger partial charge in [-0.05, 0) is 20.8 Å². The fourth-order valence-corrected chi connectivity index (χ4v) is 1.58. The van der Waals surface area contributed by atoms with Crippen LogP contribution in [0.4, 0.5) is 14.3 Å². The van der Waals surface area contributed by atoms with Crippen LogP contribution in [0.1, 0.15) is 26.6 Å². The zero-order valence-corrected chi connectivity index (χ0v) is 12.2. The Morgan fingerprint density at radius 2 is 2.14 bits per heavy atom. The Hall–Kier alpha value is -2.30. The third kappa shape index (κ3) is 5.69. The number of carbonyl (C=O) groups excluding carboxylic acids is 1. The minimum atomic E-state index is -1.50. The van der Waals surface area contributed by atoms with Crippen LogP contribution >= 0.6 is 11.5 Å². The molecule has 1 aromatic heterocycles. The molecule has 11 heteroatoms. The lowest BCUT2D eigenvalue weighted by molar-refractivity contribution is -0.129. The summed E-state index contributed by atoms with van der Waals surface area (Å²) in [5.74, 6) is -1.81. The zero-order valence-electron chi connectivity index (χ0n) is 11.4. The maximum absolute atomic E-state index is 11.8. The Morgan fingerprint density at radius 3 is 2.67 bits per heavy atom. The Labute approximate surface area is 122 Å². The van der Waals surface area contributed by atoms with Gasteiger partial charge in [0.05, 0.1) is 0 Å². The number of alkyl halides is 1. The van der Waals surface area contributed by atoms with E-state index in [-0.39, 0.29) is 11.0 Å². The van der Waals surface area contributed by atoms with E-state index in [1.54, 1.807) is 20.8 Å². The van der Waals surface area contributed by atoms with E-state index in [9.17, 15) is 14.0 Å². The molecule has 1 aromatic rings. The average molecular weight is 320 g/mol. The van der Waals surface area contributed by atoms with Crippen LogP contribution in [0.3, 0.4) is 0 Å². The minimum Gasteiger partial charge on any atom is -0.476 e. The SMILES string of the molecule is CC(C)(C)OC(=O)Nc1nc(/C(=N/OCF)C(=O)O)ns1. The molecule has 0 radical (unpaired) electrons. The summed E-state index contributed by atoms with van der Waals surface area (Å²) in [6.07, 6.45) is -0.765. The van der Waals surface area contributed by atoms with Crippen LogP contribution < -0.4 is 5.32 Å². The summed E-state index contributed by atoms with van der Waals surface area (Å²) in [6, 6.07) is 0. The normalized spacial score (nSPS) is 11.9. The van der Waals surface area contributed by atoms with Crippen LogP contribution in [0, 0.1) is 0 Å². The van der Waals surface area contributed by atoms with Crippen molar-refractivity contribution < 1.29 is 28.7 Å². The first-order chi connectivity index (χ1) is 9.73. The minimum absolute atomic E-state index is 0.00782. The van der Waals surface area contributed by atoms with Gasteiger partial charge in [-0.3, -0.25) is 5.32 Å². The summed E-state index contributed by atoms with van der Waals surface area (Å²) in [6.45, 7) is 3.76. The van der Waals surface area contributed by atoms with Crippen molar-refractivity contribution >= 4 is 34.4 Å². The molecule has 2 N–H and O–H groups in total. The lowest BCUT2D eigenvalue weighted by Gasteiger charge is -2.18. The highest BCUT2D eigenvalue weighted by Crippen LogP contribution is 2.14. The van der Waals surface area contributed by atoms with Crippen LogP contribution in [0.25, 0.3) is 0 Å². The van der Waals surface area contributed by atoms with Crippen LogP contribution in [0.2, 0.25) is 0 Å². The lowest BCUT2D eigenvalue weighted by Crippen LogP contribution is -2.27. The topological polar surface area (TPSA) is 123 Å². The van der Waals surface area contributed by atoms with Gasteiger partial charge in [0, 0.05) is 11.5 Å². The molecule has 1 heterocycles. The number of carboxylic acid groups (broad SMARTS) is 1. The van der Waals surface area contributed by atoms with Crippen LogP contribution in [-0.2, 0) is 14.4 Å². The first kappa shape index (κ1) is 16.8. The van der Waals surface area contributed by atoms with Gasteiger partial charge in [0.2, 0.25) is 16.7 Å². The number of hydrogen-bond donors (Lipinski definition) is 2. The van der Waals surface area contributed by atoms with E-state index in [1.807, 2.05) is 0 Å². The quantitative estimate of drug-likeness (QED) is 0.624. The number of ether oxygens (including phenoxy) is 1. The molecule has 0 fully saturated rings. The molecule has 21 heavy (non-hydrogen) atoms. The number of aromatic nitrogens is 2. The van der Waals surface area contributed by atoms with E-state index in [0.29, 0.717) is 11.5 Å². The maximum atomic E-state index is 11.8. The van der Waals surface area contributed by atoms with Gasteiger partial charge >= 0.3 is 12.1 Å². The number of hydrogen-bond acceptors (Lipinski definition) is 8. The average Bonchev–Trinajstić information content (AvgIpc) is 2.74. The van der Waals surface area contributed by atoms with Crippen molar-refractivity contribution in [1.29, 1.82) is 0 Å². The van der Waals surface area contributed by atoms with Crippen molar-refractivity contribution in [1.82, 2.24) is 9.36 Å². The van der Waals surface area contributed by atoms with E-state index >= 15 is 0 Å². The number of carbonyl (C=O) groups is 2. The Bertz CT molecular complexity index is 554. The highest BCUT2D eigenvalue weighted by atomic mass is 32.1. The van der Waals surface area contributed by atoms with Crippen molar-refractivity contribution in [3.8, 4) is 0 Å². The summed E-state index contributed by atoms with van der Waals surface area (Å²) in [5, 5.41) is 14.2. The predicted molar refractivity (Wildman–Crippen MR) is 71.0 cm³/mol. The molecule has 0 aliphatic heterocycles. The Kier molecular flexibility index (Phi) is 5.52. The van der Waals surface area contributed by atoms with E-state index in [0.717, 1.165) is 0 Å². The van der Waals surface area contributed by atoms with Crippen molar-refractivity contribution in [2.75, 3.05) is 12.2 Å². The number of oxime groups is 1. The van der Waals surface area contributed by atoms with Crippen molar-refractivity contribution in [2.45, 2.75) is 26.4 Å². The summed E-state index contributed by atoms with van der Waals surface area (Å²) < 4.78 is 20.5. The van der Waals surface area contributed by atoms with Gasteiger partial charge in [0.15, 0.2) is 0 Å². The van der Waals surface area contributed by atoms with Crippen LogP contribution in [0.5, 0.6) is 0 Å². The number of anilines is 1. The van der Waals surface area contributed by atoms with Crippen LogP contribution in [0.15, 0.2) is 5.16 Å². The second kappa shape index (κ2) is 6.92. The maximum Gasteiger partial charge on any atom is 0.414 e. The molecule has 0 bridgehead atoms. The second-order valence-corrected chi connectivity index (χ2v) is 5.29. The summed E-state index contributed by atoms with van der Waals surface area (Å²) in [5.41, 5.74) is -1.37. The molecule has 1 rings (SSSR count). The highest BCUT2D eigenvalue weighted by molar-refractivity contribution is 7.10. The fraction of sp³-hybridized carbons (Fsp3) is 0.500. The Balaban J connectivity index is 2.80. The first-order valence-electron chi connectivity index (χ1n) is 5.56. The predicted octanol–water partition coefficient (Wildman–Crippen LogP) is 1.62. The van der Waals surface area contributed by atoms with Gasteiger partial charge in [-0.15, -0.1) is 0 Å². The molecule has 0 aromatic carbocycles. The smallest absolute Gasteiger partial charge is 0.414 e. The molecule has 1 amide bonds. The Morgan fingerprint density at radius 1 is 1.48 bits per heavy atom. The number of rotatable bonds is 5. The molecule has 0 unspecified atom stereocenters. The molecule has 0 saturated heterocycles. The number of aliphatic carboxylic acids is 1. The van der Waals surface area contributed by atoms with E-state index in [2.05, 4.69) is 24.7 Å².